The molecular weight excluding hydrogens is 254 g/mol. The van der Waals surface area contributed by atoms with Crippen LogP contribution in [0.4, 0.5) is 5.82 Å². The molecule has 2 heterocycles. The zero-order valence-corrected chi connectivity index (χ0v) is 12.4. The average Bonchev–Trinajstić information content (AvgIpc) is 2.68. The quantitative estimate of drug-likeness (QED) is 0.889. The van der Waals surface area contributed by atoms with E-state index in [1.54, 1.807) is 0 Å². The van der Waals surface area contributed by atoms with E-state index in [1.807, 2.05) is 32.3 Å². The maximum atomic E-state index is 12.2. The van der Waals surface area contributed by atoms with Gasteiger partial charge in [-0.05, 0) is 32.8 Å². The largest absolute Gasteiger partial charge is 0.383 e. The molecule has 3 N–H and O–H groups in total. The highest BCUT2D eigenvalue weighted by atomic mass is 16.2. The van der Waals surface area contributed by atoms with Crippen molar-refractivity contribution < 1.29 is 4.79 Å². The third-order valence-electron chi connectivity index (χ3n) is 3.68. The van der Waals surface area contributed by atoms with Gasteiger partial charge in [-0.15, -0.1) is 0 Å². The molecule has 2 aromatic rings. The Morgan fingerprint density at radius 2 is 2.15 bits per heavy atom. The molecular formula is C14H21N5O. The number of aryl methyl sites for hydroxylation is 1. The fourth-order valence-corrected chi connectivity index (χ4v) is 2.44. The zero-order valence-electron chi connectivity index (χ0n) is 12.4. The number of hydrogen-bond acceptors (Lipinski definition) is 4. The Kier molecular flexibility index (Phi) is 3.92. The molecule has 108 valence electrons. The highest BCUT2D eigenvalue weighted by Gasteiger charge is 2.22. The second-order valence-corrected chi connectivity index (χ2v) is 5.00. The van der Waals surface area contributed by atoms with Crippen molar-refractivity contribution in [2.75, 3.05) is 12.3 Å². The van der Waals surface area contributed by atoms with Crippen LogP contribution >= 0.6 is 0 Å². The SMILES string of the molecule is CCCNC(=O)C(C)n1c(C)c(C)c2c(N)ncnc21. The Balaban J connectivity index is 2.52. The van der Waals surface area contributed by atoms with Crippen LogP contribution in [-0.2, 0) is 4.79 Å². The third kappa shape index (κ3) is 2.21. The Labute approximate surface area is 118 Å². The summed E-state index contributed by atoms with van der Waals surface area (Å²) in [6.45, 7) is 8.52. The molecule has 0 fully saturated rings. The van der Waals surface area contributed by atoms with E-state index in [9.17, 15) is 4.79 Å². The summed E-state index contributed by atoms with van der Waals surface area (Å²) >= 11 is 0. The van der Waals surface area contributed by atoms with Crippen molar-refractivity contribution in [3.8, 4) is 0 Å². The molecule has 2 rings (SSSR count). The highest BCUT2D eigenvalue weighted by molar-refractivity contribution is 5.92. The van der Waals surface area contributed by atoms with Gasteiger partial charge in [0.15, 0.2) is 0 Å². The van der Waals surface area contributed by atoms with Gasteiger partial charge in [0.05, 0.1) is 5.39 Å². The average molecular weight is 275 g/mol. The summed E-state index contributed by atoms with van der Waals surface area (Å²) in [5, 5.41) is 3.75. The number of carbonyl (C=O) groups excluding carboxylic acids is 1. The smallest absolute Gasteiger partial charge is 0.242 e. The lowest BCUT2D eigenvalue weighted by atomic mass is 10.2. The van der Waals surface area contributed by atoms with Gasteiger partial charge in [-0.2, -0.15) is 0 Å². The first-order valence-corrected chi connectivity index (χ1v) is 6.84. The first kappa shape index (κ1) is 14.3. The van der Waals surface area contributed by atoms with E-state index in [-0.39, 0.29) is 11.9 Å². The van der Waals surface area contributed by atoms with E-state index >= 15 is 0 Å². The highest BCUT2D eigenvalue weighted by Crippen LogP contribution is 2.29. The molecule has 0 saturated heterocycles. The molecule has 0 saturated carbocycles. The number of amides is 1. The number of anilines is 1. The Hall–Kier alpha value is -2.11. The molecule has 1 amide bonds. The van der Waals surface area contributed by atoms with Gasteiger partial charge in [0.2, 0.25) is 5.91 Å². The predicted octanol–water partition coefficient (Wildman–Crippen LogP) is 1.72. The van der Waals surface area contributed by atoms with Crippen molar-refractivity contribution in [3.63, 3.8) is 0 Å². The van der Waals surface area contributed by atoms with Crippen LogP contribution in [0.25, 0.3) is 11.0 Å². The van der Waals surface area contributed by atoms with Crippen molar-refractivity contribution in [3.05, 3.63) is 17.6 Å². The molecule has 6 nitrogen and oxygen atoms in total. The lowest BCUT2D eigenvalue weighted by Gasteiger charge is -2.16. The van der Waals surface area contributed by atoms with E-state index in [0.717, 1.165) is 23.1 Å². The summed E-state index contributed by atoms with van der Waals surface area (Å²) in [5.74, 6) is 0.444. The molecule has 20 heavy (non-hydrogen) atoms. The number of nitrogen functional groups attached to an aromatic ring is 1. The molecule has 0 aliphatic rings. The maximum absolute atomic E-state index is 12.2. The summed E-state index contributed by atoms with van der Waals surface area (Å²) in [6.07, 6.45) is 2.35. The van der Waals surface area contributed by atoms with Crippen LogP contribution in [-0.4, -0.2) is 27.0 Å². The van der Waals surface area contributed by atoms with Crippen LogP contribution in [0.5, 0.6) is 0 Å². The van der Waals surface area contributed by atoms with Gasteiger partial charge in [0.25, 0.3) is 0 Å². The van der Waals surface area contributed by atoms with Crippen molar-refractivity contribution >= 4 is 22.8 Å². The van der Waals surface area contributed by atoms with E-state index in [0.29, 0.717) is 18.0 Å². The number of rotatable bonds is 4. The van der Waals surface area contributed by atoms with Crippen LogP contribution in [0.3, 0.4) is 0 Å². The number of carbonyl (C=O) groups is 1. The number of nitrogens with one attached hydrogen (secondary N) is 1. The van der Waals surface area contributed by atoms with Crippen LogP contribution in [0.2, 0.25) is 0 Å². The van der Waals surface area contributed by atoms with E-state index in [4.69, 9.17) is 5.73 Å². The fraction of sp³-hybridized carbons (Fsp3) is 0.500. The summed E-state index contributed by atoms with van der Waals surface area (Å²) in [6, 6.07) is -0.327. The molecule has 6 heteroatoms. The number of nitrogens with two attached hydrogens (primary N) is 1. The summed E-state index contributed by atoms with van der Waals surface area (Å²) < 4.78 is 1.92. The van der Waals surface area contributed by atoms with Gasteiger partial charge < -0.3 is 15.6 Å². The van der Waals surface area contributed by atoms with Gasteiger partial charge >= 0.3 is 0 Å². The summed E-state index contributed by atoms with van der Waals surface area (Å²) in [4.78, 5) is 20.5. The van der Waals surface area contributed by atoms with Gasteiger partial charge in [-0.3, -0.25) is 4.79 Å². The molecule has 2 aromatic heterocycles. The predicted molar refractivity (Wildman–Crippen MR) is 79.4 cm³/mol. The van der Waals surface area contributed by atoms with E-state index in [2.05, 4.69) is 15.3 Å². The number of nitrogens with zero attached hydrogens (tertiary/aromatic N) is 3. The maximum Gasteiger partial charge on any atom is 0.242 e. The minimum atomic E-state index is -0.327. The van der Waals surface area contributed by atoms with Gasteiger partial charge in [0.1, 0.15) is 23.8 Å². The van der Waals surface area contributed by atoms with Gasteiger partial charge in [-0.1, -0.05) is 6.92 Å². The number of fused-ring (bicyclic) bond motifs is 1. The van der Waals surface area contributed by atoms with Crippen LogP contribution in [0, 0.1) is 13.8 Å². The lowest BCUT2D eigenvalue weighted by molar-refractivity contribution is -0.123. The van der Waals surface area contributed by atoms with Gasteiger partial charge in [0, 0.05) is 12.2 Å². The monoisotopic (exact) mass is 275 g/mol. The van der Waals surface area contributed by atoms with E-state index < -0.39 is 0 Å². The summed E-state index contributed by atoms with van der Waals surface area (Å²) in [5.41, 5.74) is 8.66. The fourth-order valence-electron chi connectivity index (χ4n) is 2.44. The first-order chi connectivity index (χ1) is 9.49. The second-order valence-electron chi connectivity index (χ2n) is 5.00. The molecule has 0 aromatic carbocycles. The van der Waals surface area contributed by atoms with Crippen molar-refractivity contribution in [1.82, 2.24) is 19.9 Å². The lowest BCUT2D eigenvalue weighted by Crippen LogP contribution is -2.32. The number of hydrogen-bond donors (Lipinski definition) is 2. The Morgan fingerprint density at radius 3 is 2.80 bits per heavy atom. The number of aromatic nitrogens is 3. The molecule has 0 aliphatic carbocycles. The van der Waals surface area contributed by atoms with Crippen LogP contribution in [0.1, 0.15) is 37.6 Å². The second kappa shape index (κ2) is 5.48. The van der Waals surface area contributed by atoms with Crippen LogP contribution in [0.15, 0.2) is 6.33 Å². The minimum Gasteiger partial charge on any atom is -0.383 e. The zero-order chi connectivity index (χ0) is 14.9. The van der Waals surface area contributed by atoms with Crippen molar-refractivity contribution in [1.29, 1.82) is 0 Å². The molecule has 0 spiro atoms. The van der Waals surface area contributed by atoms with Crippen LogP contribution < -0.4 is 11.1 Å². The summed E-state index contributed by atoms with van der Waals surface area (Å²) in [7, 11) is 0. The molecule has 0 bridgehead atoms. The Morgan fingerprint density at radius 1 is 1.45 bits per heavy atom. The van der Waals surface area contributed by atoms with Gasteiger partial charge in [-0.25, -0.2) is 9.97 Å². The normalized spacial score (nSPS) is 12.6. The molecule has 1 unspecified atom stereocenters. The third-order valence-corrected chi connectivity index (χ3v) is 3.68. The molecule has 0 aliphatic heterocycles. The van der Waals surface area contributed by atoms with Crippen molar-refractivity contribution in [2.24, 2.45) is 0 Å². The topological polar surface area (TPSA) is 85.8 Å². The molecule has 0 radical (unpaired) electrons. The first-order valence-electron chi connectivity index (χ1n) is 6.84. The standard InChI is InChI=1S/C14H21N5O/c1-5-6-16-14(20)10(4)19-9(3)8(2)11-12(15)17-7-18-13(11)19/h7,10H,5-6H2,1-4H3,(H,16,20)(H2,15,17,18). The van der Waals surface area contributed by atoms with Crippen molar-refractivity contribution in [2.45, 2.75) is 40.2 Å². The molecule has 1 atom stereocenters. The van der Waals surface area contributed by atoms with E-state index in [1.165, 1.54) is 6.33 Å². The minimum absolute atomic E-state index is 0.0102. The Bertz CT molecular complexity index is 647.